The van der Waals surface area contributed by atoms with Crippen LogP contribution in [0, 0.1) is 0 Å². The summed E-state index contributed by atoms with van der Waals surface area (Å²) < 4.78 is 0. The van der Waals surface area contributed by atoms with E-state index in [-0.39, 0.29) is 24.7 Å². The molecule has 2 aliphatic heterocycles. The molecule has 4 atom stereocenters. The Bertz CT molecular complexity index is 1320. The summed E-state index contributed by atoms with van der Waals surface area (Å²) in [6.45, 7) is 2.01. The summed E-state index contributed by atoms with van der Waals surface area (Å²) in [4.78, 5) is 58.2. The van der Waals surface area contributed by atoms with Gasteiger partial charge in [0.25, 0.3) is 0 Å². The molecule has 2 fully saturated rings. The van der Waals surface area contributed by atoms with Crippen LogP contribution in [0.2, 0.25) is 0 Å². The third-order valence-electron chi connectivity index (χ3n) is 7.22. The van der Waals surface area contributed by atoms with E-state index in [1.165, 1.54) is 0 Å². The smallest absolute Gasteiger partial charge is 0.246 e. The van der Waals surface area contributed by atoms with Crippen LogP contribution in [0.3, 0.4) is 0 Å². The van der Waals surface area contributed by atoms with Crippen molar-refractivity contribution in [3.8, 4) is 0 Å². The van der Waals surface area contributed by atoms with Crippen LogP contribution in [0.25, 0.3) is 10.9 Å². The number of amides is 4. The minimum atomic E-state index is -0.939. The number of carbonyl (C=O) groups excluding carboxylic acids is 4. The molecule has 37 heavy (non-hydrogen) atoms. The van der Waals surface area contributed by atoms with Crippen molar-refractivity contribution < 1.29 is 19.2 Å². The molecule has 9 heteroatoms. The summed E-state index contributed by atoms with van der Waals surface area (Å²) in [6, 6.07) is 13.8. The van der Waals surface area contributed by atoms with Gasteiger partial charge in [0.15, 0.2) is 0 Å². The second-order valence-corrected chi connectivity index (χ2v) is 9.80. The maximum atomic E-state index is 13.7. The maximum Gasteiger partial charge on any atom is 0.246 e. The summed E-state index contributed by atoms with van der Waals surface area (Å²) in [7, 11) is 0. The first kappa shape index (κ1) is 24.5. The summed E-state index contributed by atoms with van der Waals surface area (Å²) in [5.41, 5.74) is 2.68. The molecule has 4 amide bonds. The molecule has 0 unspecified atom stereocenters. The van der Waals surface area contributed by atoms with Gasteiger partial charge in [0.05, 0.1) is 0 Å². The number of nitrogens with one attached hydrogen (secondary N) is 4. The van der Waals surface area contributed by atoms with E-state index in [1.807, 2.05) is 60.8 Å². The zero-order valence-corrected chi connectivity index (χ0v) is 20.7. The average molecular weight is 502 g/mol. The van der Waals surface area contributed by atoms with Gasteiger partial charge >= 0.3 is 0 Å². The highest BCUT2D eigenvalue weighted by atomic mass is 16.2. The van der Waals surface area contributed by atoms with Gasteiger partial charge in [-0.2, -0.15) is 0 Å². The van der Waals surface area contributed by atoms with Crippen molar-refractivity contribution in [1.29, 1.82) is 0 Å². The van der Waals surface area contributed by atoms with Gasteiger partial charge < -0.3 is 25.8 Å². The molecule has 0 bridgehead atoms. The van der Waals surface area contributed by atoms with Crippen molar-refractivity contribution >= 4 is 34.5 Å². The maximum absolute atomic E-state index is 13.7. The Morgan fingerprint density at radius 3 is 2.35 bits per heavy atom. The number of hydrogen-bond donors (Lipinski definition) is 4. The number of para-hydroxylation sites is 1. The number of aromatic amines is 1. The van der Waals surface area contributed by atoms with Gasteiger partial charge in [-0.15, -0.1) is 0 Å². The Balaban J connectivity index is 1.48. The van der Waals surface area contributed by atoms with Crippen molar-refractivity contribution in [2.75, 3.05) is 6.54 Å². The van der Waals surface area contributed by atoms with Gasteiger partial charge in [-0.3, -0.25) is 19.2 Å². The Morgan fingerprint density at radius 2 is 1.54 bits per heavy atom. The number of H-pyrrole nitrogens is 1. The van der Waals surface area contributed by atoms with E-state index in [0.29, 0.717) is 19.4 Å². The molecule has 0 radical (unpaired) electrons. The minimum Gasteiger partial charge on any atom is -0.361 e. The number of carbonyl (C=O) groups is 4. The van der Waals surface area contributed by atoms with E-state index in [2.05, 4.69) is 20.9 Å². The molecule has 3 heterocycles. The molecule has 1 aromatic heterocycles. The van der Waals surface area contributed by atoms with Crippen molar-refractivity contribution in [3.63, 3.8) is 0 Å². The molecule has 192 valence electrons. The van der Waals surface area contributed by atoms with Gasteiger partial charge in [0.2, 0.25) is 23.6 Å². The first-order chi connectivity index (χ1) is 17.9. The molecule has 2 saturated heterocycles. The van der Waals surface area contributed by atoms with Crippen LogP contribution in [0.5, 0.6) is 0 Å². The largest absolute Gasteiger partial charge is 0.361 e. The Hall–Kier alpha value is -4.14. The molecule has 0 aliphatic carbocycles. The third kappa shape index (κ3) is 5.21. The van der Waals surface area contributed by atoms with Gasteiger partial charge in [-0.1, -0.05) is 48.5 Å². The van der Waals surface area contributed by atoms with Crippen molar-refractivity contribution in [2.45, 2.75) is 56.8 Å². The lowest BCUT2D eigenvalue weighted by atomic mass is 10.0. The first-order valence-electron chi connectivity index (χ1n) is 12.7. The lowest BCUT2D eigenvalue weighted by molar-refractivity contribution is -0.143. The minimum absolute atomic E-state index is 0.223. The fourth-order valence-corrected chi connectivity index (χ4v) is 5.23. The van der Waals surface area contributed by atoms with Gasteiger partial charge in [0, 0.05) is 36.5 Å². The van der Waals surface area contributed by atoms with Crippen LogP contribution >= 0.6 is 0 Å². The summed E-state index contributed by atoms with van der Waals surface area (Å²) in [5.74, 6) is -1.54. The number of rotatable bonds is 4. The van der Waals surface area contributed by atoms with E-state index in [0.717, 1.165) is 22.0 Å². The predicted molar refractivity (Wildman–Crippen MR) is 138 cm³/mol. The predicted octanol–water partition coefficient (Wildman–Crippen LogP) is 1.43. The zero-order chi connectivity index (χ0) is 25.9. The highest BCUT2D eigenvalue weighted by molar-refractivity contribution is 5.98. The van der Waals surface area contributed by atoms with Crippen LogP contribution in [-0.4, -0.2) is 64.2 Å². The molecular weight excluding hydrogens is 470 g/mol. The Morgan fingerprint density at radius 1 is 0.811 bits per heavy atom. The van der Waals surface area contributed by atoms with Gasteiger partial charge in [-0.05, 0) is 37.0 Å². The van der Waals surface area contributed by atoms with Crippen molar-refractivity contribution in [2.24, 2.45) is 0 Å². The second-order valence-electron chi connectivity index (χ2n) is 9.80. The fourth-order valence-electron chi connectivity index (χ4n) is 5.23. The second kappa shape index (κ2) is 10.5. The number of nitrogens with zero attached hydrogens (tertiary/aromatic N) is 1. The van der Waals surface area contributed by atoms with E-state index in [9.17, 15) is 19.2 Å². The number of hydrogen-bond acceptors (Lipinski definition) is 4. The van der Waals surface area contributed by atoms with Crippen LogP contribution in [0.1, 0.15) is 30.9 Å². The lowest BCUT2D eigenvalue weighted by Crippen LogP contribution is -2.61. The Kier molecular flexibility index (Phi) is 6.94. The van der Waals surface area contributed by atoms with E-state index in [4.69, 9.17) is 0 Å². The highest BCUT2D eigenvalue weighted by Gasteiger charge is 2.40. The molecule has 3 aromatic rings. The molecule has 9 nitrogen and oxygen atoms in total. The monoisotopic (exact) mass is 501 g/mol. The van der Waals surface area contributed by atoms with Gasteiger partial charge in [0.1, 0.15) is 24.2 Å². The molecule has 0 spiro atoms. The number of fused-ring (bicyclic) bond motifs is 2. The summed E-state index contributed by atoms with van der Waals surface area (Å²) in [5, 5.41) is 9.43. The van der Waals surface area contributed by atoms with Crippen LogP contribution < -0.4 is 16.0 Å². The first-order valence-corrected chi connectivity index (χ1v) is 12.7. The number of aromatic nitrogens is 1. The van der Waals surface area contributed by atoms with Crippen molar-refractivity contribution in [1.82, 2.24) is 25.8 Å². The van der Waals surface area contributed by atoms with Crippen LogP contribution in [-0.2, 0) is 32.0 Å². The standard InChI is InChI=1S/C28H31N5O4/c1-17-25(34)31-22(15-19-16-29-21-11-6-5-10-20(19)21)26(35)32-23(14-18-8-3-2-4-9-18)28(37)33-13-7-12-24(33)27(36)30-17/h2-6,8-11,16-17,22-24,29H,7,12-15H2,1H3,(H,30,36)(H,31,34)(H,32,35)/t17-,22+,23-,24+/m0/s1. The van der Waals surface area contributed by atoms with E-state index >= 15 is 0 Å². The molecule has 0 saturated carbocycles. The zero-order valence-electron chi connectivity index (χ0n) is 20.7. The number of benzene rings is 2. The van der Waals surface area contributed by atoms with Crippen molar-refractivity contribution in [3.05, 3.63) is 71.9 Å². The normalized spacial score (nSPS) is 25.1. The lowest BCUT2D eigenvalue weighted by Gasteiger charge is -2.32. The highest BCUT2D eigenvalue weighted by Crippen LogP contribution is 2.22. The van der Waals surface area contributed by atoms with E-state index in [1.54, 1.807) is 11.8 Å². The average Bonchev–Trinajstić information content (AvgIpc) is 3.55. The molecule has 2 aliphatic rings. The van der Waals surface area contributed by atoms with Crippen LogP contribution in [0.4, 0.5) is 0 Å². The summed E-state index contributed by atoms with van der Waals surface area (Å²) >= 11 is 0. The fraction of sp³-hybridized carbons (Fsp3) is 0.357. The molecule has 5 rings (SSSR count). The molecular formula is C28H31N5O4. The van der Waals surface area contributed by atoms with Gasteiger partial charge in [-0.25, -0.2) is 0 Å². The summed E-state index contributed by atoms with van der Waals surface area (Å²) in [6.07, 6.45) is 3.52. The topological polar surface area (TPSA) is 123 Å². The third-order valence-corrected chi connectivity index (χ3v) is 7.22. The van der Waals surface area contributed by atoms with E-state index < -0.39 is 36.0 Å². The van der Waals surface area contributed by atoms with Crippen LogP contribution in [0.15, 0.2) is 60.8 Å². The Labute approximate surface area is 215 Å². The molecule has 2 aromatic carbocycles. The quantitative estimate of drug-likeness (QED) is 0.432. The molecule has 4 N–H and O–H groups in total. The SMILES string of the molecule is C[C@@H]1NC(=O)[C@H]2CCCN2C(=O)[C@H](Cc2ccccc2)NC(=O)[C@@H](Cc2c[nH]c3ccccc23)NC1=O.